The molecule has 4 aromatic rings. The molecular weight excluding hydrogens is 412 g/mol. The third-order valence-electron chi connectivity index (χ3n) is 4.02. The van der Waals surface area contributed by atoms with Crippen LogP contribution < -0.4 is 9.46 Å². The molecule has 0 aliphatic heterocycles. The summed E-state index contributed by atoms with van der Waals surface area (Å²) in [5.41, 5.74) is 3.04. The Morgan fingerprint density at radius 3 is 2.89 bits per heavy atom. The number of ether oxygens (including phenoxy) is 1. The van der Waals surface area contributed by atoms with E-state index >= 15 is 0 Å². The molecule has 2 N–H and O–H groups in total. The summed E-state index contributed by atoms with van der Waals surface area (Å²) in [7, 11) is -2.79. The van der Waals surface area contributed by atoms with Crippen molar-refractivity contribution in [1.29, 1.82) is 0 Å². The van der Waals surface area contributed by atoms with Crippen molar-refractivity contribution in [1.82, 2.24) is 19.9 Å². The first-order chi connectivity index (χ1) is 13.4. The second-order valence-corrected chi connectivity index (χ2v) is 8.31. The van der Waals surface area contributed by atoms with E-state index in [1.54, 1.807) is 17.6 Å². The van der Waals surface area contributed by atoms with Gasteiger partial charge in [-0.1, -0.05) is 0 Å². The number of thiazole rings is 1. The van der Waals surface area contributed by atoms with Crippen LogP contribution in [-0.4, -0.2) is 41.9 Å². The number of H-pyrrole nitrogens is 1. The average molecular weight is 425 g/mol. The standard InChI is InChI=1S/C16H13F2N5O3S2/c1-26-15-8(4-12(17)18)5-20-16(22-15)23-28(24,25)11-6-19-13-9(11)2-3-10-14(13)21-7-27-10/h2-3,5-7,12,19H,4H2,1H3,(H,20,22,23). The molecular formula is C16H13F2N5O3S2. The van der Waals surface area contributed by atoms with Crippen molar-refractivity contribution in [2.24, 2.45) is 0 Å². The zero-order valence-corrected chi connectivity index (χ0v) is 15.9. The van der Waals surface area contributed by atoms with Crippen LogP contribution in [0.4, 0.5) is 14.7 Å². The van der Waals surface area contributed by atoms with Gasteiger partial charge < -0.3 is 9.72 Å². The maximum absolute atomic E-state index is 12.8. The van der Waals surface area contributed by atoms with E-state index in [-0.39, 0.29) is 22.3 Å². The van der Waals surface area contributed by atoms with Crippen LogP contribution in [0.3, 0.4) is 0 Å². The highest BCUT2D eigenvalue weighted by Crippen LogP contribution is 2.31. The van der Waals surface area contributed by atoms with Crippen LogP contribution in [0.25, 0.3) is 21.1 Å². The van der Waals surface area contributed by atoms with Gasteiger partial charge in [-0.25, -0.2) is 31.9 Å². The Morgan fingerprint density at radius 1 is 1.32 bits per heavy atom. The van der Waals surface area contributed by atoms with Crippen molar-refractivity contribution >= 4 is 48.4 Å². The normalized spacial score (nSPS) is 12.1. The van der Waals surface area contributed by atoms with E-state index in [0.29, 0.717) is 16.4 Å². The van der Waals surface area contributed by atoms with Crippen molar-refractivity contribution in [3.05, 3.63) is 35.6 Å². The minimum atomic E-state index is -4.04. The summed E-state index contributed by atoms with van der Waals surface area (Å²) in [6, 6.07) is 3.48. The second kappa shape index (κ2) is 6.95. The number of nitrogens with zero attached hydrogens (tertiary/aromatic N) is 3. The van der Waals surface area contributed by atoms with E-state index in [4.69, 9.17) is 4.74 Å². The quantitative estimate of drug-likeness (QED) is 0.491. The zero-order chi connectivity index (χ0) is 19.9. The Balaban J connectivity index is 1.70. The van der Waals surface area contributed by atoms with Gasteiger partial charge in [0.05, 0.1) is 22.8 Å². The number of nitrogens with one attached hydrogen (secondary N) is 2. The third-order valence-corrected chi connectivity index (χ3v) is 6.19. The van der Waals surface area contributed by atoms with Crippen LogP contribution in [0.2, 0.25) is 0 Å². The van der Waals surface area contributed by atoms with Gasteiger partial charge in [-0.3, -0.25) is 0 Å². The number of aromatic nitrogens is 4. The summed E-state index contributed by atoms with van der Waals surface area (Å²) >= 11 is 1.45. The van der Waals surface area contributed by atoms with Gasteiger partial charge in [0.1, 0.15) is 10.4 Å². The molecule has 0 bridgehead atoms. The first-order valence-electron chi connectivity index (χ1n) is 7.93. The Hall–Kier alpha value is -2.86. The fraction of sp³-hybridized carbons (Fsp3) is 0.188. The number of hydrogen-bond donors (Lipinski definition) is 2. The Bertz CT molecular complexity index is 1270. The lowest BCUT2D eigenvalue weighted by Gasteiger charge is -2.10. The molecule has 0 fully saturated rings. The average Bonchev–Trinajstić information content (AvgIpc) is 3.28. The van der Waals surface area contributed by atoms with E-state index in [2.05, 4.69) is 24.7 Å². The smallest absolute Gasteiger partial charge is 0.266 e. The van der Waals surface area contributed by atoms with Gasteiger partial charge in [0.15, 0.2) is 0 Å². The summed E-state index contributed by atoms with van der Waals surface area (Å²) in [4.78, 5) is 14.9. The highest BCUT2D eigenvalue weighted by atomic mass is 32.2. The number of aromatic amines is 1. The predicted octanol–water partition coefficient (Wildman–Crippen LogP) is 3.18. The van der Waals surface area contributed by atoms with Crippen molar-refractivity contribution in [2.75, 3.05) is 11.8 Å². The summed E-state index contributed by atoms with van der Waals surface area (Å²) in [5, 5.41) is 0.465. The van der Waals surface area contributed by atoms with Crippen LogP contribution in [0.5, 0.6) is 5.88 Å². The number of rotatable bonds is 6. The van der Waals surface area contributed by atoms with E-state index in [1.807, 2.05) is 0 Å². The van der Waals surface area contributed by atoms with Crippen LogP contribution in [-0.2, 0) is 16.4 Å². The van der Waals surface area contributed by atoms with Crippen molar-refractivity contribution < 1.29 is 21.9 Å². The summed E-state index contributed by atoms with van der Waals surface area (Å²) < 4.78 is 59.0. The molecule has 1 aromatic carbocycles. The van der Waals surface area contributed by atoms with Crippen molar-refractivity contribution in [3.8, 4) is 5.88 Å². The minimum absolute atomic E-state index is 0.00313. The van der Waals surface area contributed by atoms with Gasteiger partial charge in [-0.15, -0.1) is 11.3 Å². The van der Waals surface area contributed by atoms with E-state index < -0.39 is 22.9 Å². The maximum atomic E-state index is 12.8. The number of methoxy groups -OCH3 is 1. The molecule has 3 aromatic heterocycles. The van der Waals surface area contributed by atoms with Gasteiger partial charge in [-0.2, -0.15) is 4.98 Å². The highest BCUT2D eigenvalue weighted by molar-refractivity contribution is 7.93. The second-order valence-electron chi connectivity index (χ2n) is 5.77. The lowest BCUT2D eigenvalue weighted by atomic mass is 10.2. The number of fused-ring (bicyclic) bond motifs is 3. The largest absolute Gasteiger partial charge is 0.481 e. The molecule has 0 aliphatic rings. The molecule has 0 atom stereocenters. The number of alkyl halides is 2. The summed E-state index contributed by atoms with van der Waals surface area (Å²) in [6.07, 6.45) is -0.728. The monoisotopic (exact) mass is 425 g/mol. The Morgan fingerprint density at radius 2 is 2.14 bits per heavy atom. The lowest BCUT2D eigenvalue weighted by molar-refractivity contribution is 0.147. The predicted molar refractivity (Wildman–Crippen MR) is 101 cm³/mol. The molecule has 8 nitrogen and oxygen atoms in total. The zero-order valence-electron chi connectivity index (χ0n) is 14.3. The molecule has 146 valence electrons. The number of sulfonamides is 1. The molecule has 12 heteroatoms. The van der Waals surface area contributed by atoms with E-state index in [1.165, 1.54) is 24.6 Å². The van der Waals surface area contributed by atoms with E-state index in [9.17, 15) is 17.2 Å². The number of hydrogen-bond acceptors (Lipinski definition) is 7. The molecule has 0 saturated heterocycles. The van der Waals surface area contributed by atoms with Gasteiger partial charge >= 0.3 is 0 Å². The molecule has 0 saturated carbocycles. The molecule has 4 rings (SSSR count). The Kier molecular flexibility index (Phi) is 4.59. The molecule has 0 spiro atoms. The fourth-order valence-corrected chi connectivity index (χ4v) is 4.63. The first-order valence-corrected chi connectivity index (χ1v) is 10.3. The number of anilines is 1. The SMILES string of the molecule is COc1nc(NS(=O)(=O)c2c[nH]c3c2ccc2scnc23)ncc1CC(F)F. The topological polar surface area (TPSA) is 110 Å². The van der Waals surface area contributed by atoms with Crippen molar-refractivity contribution in [2.45, 2.75) is 17.7 Å². The lowest BCUT2D eigenvalue weighted by Crippen LogP contribution is -2.15. The van der Waals surface area contributed by atoms with Crippen molar-refractivity contribution in [3.63, 3.8) is 0 Å². The summed E-state index contributed by atoms with van der Waals surface area (Å²) in [6.45, 7) is 0. The Labute approximate surface area is 161 Å². The maximum Gasteiger partial charge on any atom is 0.266 e. The van der Waals surface area contributed by atoms with Crippen LogP contribution in [0, 0.1) is 0 Å². The molecule has 28 heavy (non-hydrogen) atoms. The molecule has 0 unspecified atom stereocenters. The minimum Gasteiger partial charge on any atom is -0.481 e. The summed E-state index contributed by atoms with van der Waals surface area (Å²) in [5.74, 6) is -0.393. The van der Waals surface area contributed by atoms with E-state index in [0.717, 1.165) is 10.9 Å². The van der Waals surface area contributed by atoms with Gasteiger partial charge in [0, 0.05) is 29.8 Å². The van der Waals surface area contributed by atoms with Gasteiger partial charge in [-0.05, 0) is 12.1 Å². The molecule has 0 amide bonds. The van der Waals surface area contributed by atoms with Gasteiger partial charge in [0.25, 0.3) is 10.0 Å². The first kappa shape index (κ1) is 18.5. The third kappa shape index (κ3) is 3.24. The molecule has 0 aliphatic carbocycles. The number of benzene rings is 1. The number of halogens is 2. The van der Waals surface area contributed by atoms with Crippen LogP contribution >= 0.6 is 11.3 Å². The fourth-order valence-electron chi connectivity index (χ4n) is 2.82. The van der Waals surface area contributed by atoms with Crippen LogP contribution in [0.15, 0.2) is 34.9 Å². The molecule has 3 heterocycles. The van der Waals surface area contributed by atoms with Gasteiger partial charge in [0.2, 0.25) is 18.3 Å². The van der Waals surface area contributed by atoms with Crippen LogP contribution in [0.1, 0.15) is 5.56 Å². The molecule has 0 radical (unpaired) electrons. The highest BCUT2D eigenvalue weighted by Gasteiger charge is 2.23.